The van der Waals surface area contributed by atoms with Crippen molar-refractivity contribution in [2.75, 3.05) is 13.4 Å². The summed E-state index contributed by atoms with van der Waals surface area (Å²) in [6, 6.07) is 8.68. The molecule has 4 N–H and O–H groups in total. The van der Waals surface area contributed by atoms with Gasteiger partial charge in [-0.05, 0) is 60.2 Å². The summed E-state index contributed by atoms with van der Waals surface area (Å²) in [6.07, 6.45) is -5.06. The number of hydrogen-bond donors (Lipinski definition) is 4. The Kier molecular flexibility index (Phi) is 6.55. The molecule has 0 spiro atoms. The number of aliphatic hydroxyl groups is 4. The average Bonchev–Trinajstić information content (AvgIpc) is 3.70. The van der Waals surface area contributed by atoms with Gasteiger partial charge in [-0.2, -0.15) is 0 Å². The van der Waals surface area contributed by atoms with Gasteiger partial charge in [0.25, 0.3) is 0 Å². The molecule has 5 atom stereocenters. The van der Waals surface area contributed by atoms with E-state index < -0.39 is 49.1 Å². The standard InChI is InChI=1S/C30H30O12/c1-30(2)41-26-21(10-33)39-29(24(34)27(26)42-30)40-25-17-6-15(9-32)14(8-31)5-16(17)22(23-18(25)11-36-28(23)35)13-3-4-19-20(7-13)38-12-37-19/h3-7,21,24,26-27,29,31-34H,8-12H2,1-2H3/t21-,24-,26+,27-,29?/m1/s1. The molecule has 0 amide bonds. The van der Waals surface area contributed by atoms with E-state index in [-0.39, 0.29) is 37.9 Å². The number of carbonyl (C=O) groups is 1. The zero-order chi connectivity index (χ0) is 29.3. The van der Waals surface area contributed by atoms with Crippen LogP contribution in [0.3, 0.4) is 0 Å². The van der Waals surface area contributed by atoms with Gasteiger partial charge in [-0.25, -0.2) is 4.79 Å². The number of carbonyl (C=O) groups excluding carboxylic acids is 1. The van der Waals surface area contributed by atoms with Gasteiger partial charge in [0.05, 0.1) is 25.4 Å². The summed E-state index contributed by atoms with van der Waals surface area (Å²) in [5.41, 5.74) is 2.75. The van der Waals surface area contributed by atoms with E-state index in [1.54, 1.807) is 44.2 Å². The average molecular weight is 583 g/mol. The van der Waals surface area contributed by atoms with E-state index in [0.717, 1.165) is 0 Å². The van der Waals surface area contributed by atoms with Crippen molar-refractivity contribution in [2.24, 2.45) is 0 Å². The zero-order valence-electron chi connectivity index (χ0n) is 22.9. The van der Waals surface area contributed by atoms with Crippen LogP contribution < -0.4 is 14.2 Å². The monoisotopic (exact) mass is 582 g/mol. The molecule has 12 heteroatoms. The van der Waals surface area contributed by atoms with Crippen LogP contribution in [0, 0.1) is 0 Å². The van der Waals surface area contributed by atoms with E-state index >= 15 is 0 Å². The Morgan fingerprint density at radius 3 is 2.36 bits per heavy atom. The summed E-state index contributed by atoms with van der Waals surface area (Å²) in [5, 5.41) is 42.6. The van der Waals surface area contributed by atoms with Gasteiger partial charge in [-0.1, -0.05) is 6.07 Å². The number of cyclic esters (lactones) is 1. The highest BCUT2D eigenvalue weighted by molar-refractivity contribution is 6.13. The predicted molar refractivity (Wildman–Crippen MR) is 143 cm³/mol. The Labute approximate surface area is 239 Å². The summed E-state index contributed by atoms with van der Waals surface area (Å²) < 4.78 is 40.7. The van der Waals surface area contributed by atoms with E-state index in [2.05, 4.69) is 0 Å². The zero-order valence-corrected chi connectivity index (χ0v) is 22.9. The maximum atomic E-state index is 13.3. The number of rotatable bonds is 6. The quantitative estimate of drug-likeness (QED) is 0.313. The second-order valence-corrected chi connectivity index (χ2v) is 11.1. The third-order valence-electron chi connectivity index (χ3n) is 8.10. The fraction of sp³-hybridized carbons (Fsp3) is 0.433. The van der Waals surface area contributed by atoms with Crippen molar-refractivity contribution in [1.29, 1.82) is 0 Å². The Morgan fingerprint density at radius 1 is 0.905 bits per heavy atom. The third-order valence-corrected chi connectivity index (χ3v) is 8.10. The lowest BCUT2D eigenvalue weighted by atomic mass is 9.87. The van der Waals surface area contributed by atoms with Crippen molar-refractivity contribution in [1.82, 2.24) is 0 Å². The van der Waals surface area contributed by atoms with Crippen LogP contribution in [0.25, 0.3) is 21.9 Å². The number of ether oxygens (including phenoxy) is 7. The Bertz CT molecular complexity index is 1580. The molecule has 42 heavy (non-hydrogen) atoms. The van der Waals surface area contributed by atoms with Crippen molar-refractivity contribution < 1.29 is 58.4 Å². The van der Waals surface area contributed by atoms with Gasteiger partial charge in [0, 0.05) is 16.5 Å². The summed E-state index contributed by atoms with van der Waals surface area (Å²) >= 11 is 0. The number of esters is 1. The second-order valence-electron chi connectivity index (χ2n) is 11.1. The molecule has 2 saturated heterocycles. The normalized spacial score (nSPS) is 27.2. The highest BCUT2D eigenvalue weighted by Gasteiger charge is 2.55. The van der Waals surface area contributed by atoms with E-state index in [9.17, 15) is 25.2 Å². The minimum Gasteiger partial charge on any atom is -0.461 e. The number of aliphatic hydroxyl groups excluding tert-OH is 4. The summed E-state index contributed by atoms with van der Waals surface area (Å²) in [5.74, 6) is -0.303. The number of benzene rings is 3. The summed E-state index contributed by atoms with van der Waals surface area (Å²) in [4.78, 5) is 13.3. The first-order chi connectivity index (χ1) is 20.2. The van der Waals surface area contributed by atoms with Crippen LogP contribution in [-0.4, -0.2) is 76.3 Å². The predicted octanol–water partition coefficient (Wildman–Crippen LogP) is 1.87. The Morgan fingerprint density at radius 2 is 1.62 bits per heavy atom. The minimum atomic E-state index is -1.31. The molecule has 7 rings (SSSR count). The largest absolute Gasteiger partial charge is 0.461 e. The van der Waals surface area contributed by atoms with Crippen LogP contribution >= 0.6 is 0 Å². The third kappa shape index (κ3) is 4.21. The maximum absolute atomic E-state index is 13.3. The number of fused-ring (bicyclic) bond motifs is 4. The fourth-order valence-corrected chi connectivity index (χ4v) is 6.21. The second kappa shape index (κ2) is 10.1. The molecule has 3 aromatic carbocycles. The lowest BCUT2D eigenvalue weighted by Crippen LogP contribution is -2.58. The molecule has 0 bridgehead atoms. The van der Waals surface area contributed by atoms with Crippen LogP contribution in [0.5, 0.6) is 17.2 Å². The van der Waals surface area contributed by atoms with Crippen LogP contribution in [0.4, 0.5) is 0 Å². The van der Waals surface area contributed by atoms with E-state index in [1.165, 1.54) is 0 Å². The number of hydrogen-bond acceptors (Lipinski definition) is 12. The minimum absolute atomic E-state index is 0.0767. The first-order valence-electron chi connectivity index (χ1n) is 13.6. The molecule has 3 aromatic rings. The maximum Gasteiger partial charge on any atom is 0.339 e. The Hall–Kier alpha value is -3.49. The van der Waals surface area contributed by atoms with Crippen LogP contribution in [0.1, 0.15) is 40.9 Å². The molecule has 1 unspecified atom stereocenters. The molecule has 4 aliphatic heterocycles. The Balaban J connectivity index is 1.42. The molecule has 0 radical (unpaired) electrons. The molecule has 0 aromatic heterocycles. The molecular formula is C30H30O12. The highest BCUT2D eigenvalue weighted by Crippen LogP contribution is 2.48. The van der Waals surface area contributed by atoms with Gasteiger partial charge in [0.2, 0.25) is 13.1 Å². The van der Waals surface area contributed by atoms with E-state index in [4.69, 9.17) is 33.2 Å². The molecular weight excluding hydrogens is 552 g/mol. The van der Waals surface area contributed by atoms with E-state index in [1.807, 2.05) is 0 Å². The lowest BCUT2D eigenvalue weighted by Gasteiger charge is -2.39. The molecule has 4 heterocycles. The van der Waals surface area contributed by atoms with Gasteiger partial charge in [-0.3, -0.25) is 0 Å². The molecule has 2 fully saturated rings. The molecule has 222 valence electrons. The summed E-state index contributed by atoms with van der Waals surface area (Å²) in [7, 11) is 0. The lowest BCUT2D eigenvalue weighted by molar-refractivity contribution is -0.254. The smallest absolute Gasteiger partial charge is 0.339 e. The van der Waals surface area contributed by atoms with Crippen LogP contribution in [0.2, 0.25) is 0 Å². The van der Waals surface area contributed by atoms with Crippen molar-refractivity contribution >= 4 is 16.7 Å². The van der Waals surface area contributed by atoms with Crippen LogP contribution in [0.15, 0.2) is 30.3 Å². The highest BCUT2D eigenvalue weighted by atomic mass is 16.8. The topological polar surface area (TPSA) is 163 Å². The first-order valence-corrected chi connectivity index (χ1v) is 13.6. The van der Waals surface area contributed by atoms with Gasteiger partial charge < -0.3 is 53.6 Å². The molecule has 0 saturated carbocycles. The molecule has 12 nitrogen and oxygen atoms in total. The molecule has 4 aliphatic rings. The van der Waals surface area contributed by atoms with Crippen molar-refractivity contribution in [3.63, 3.8) is 0 Å². The van der Waals surface area contributed by atoms with E-state index in [0.29, 0.717) is 50.1 Å². The van der Waals surface area contributed by atoms with Crippen molar-refractivity contribution in [3.05, 3.63) is 52.6 Å². The van der Waals surface area contributed by atoms with Crippen molar-refractivity contribution in [3.8, 4) is 28.4 Å². The summed E-state index contributed by atoms with van der Waals surface area (Å²) in [6.45, 7) is 2.24. The van der Waals surface area contributed by atoms with Gasteiger partial charge >= 0.3 is 5.97 Å². The SMILES string of the molecule is CC1(C)O[C@@H]2[C@H](O1)[C@@H](O)C(Oc1c3c(c(-c4ccc5c(c4)OCO5)c4cc(CO)c(CO)cc14)C(=O)OC3)O[C@@H]2CO. The van der Waals surface area contributed by atoms with Gasteiger partial charge in [-0.15, -0.1) is 0 Å². The van der Waals surface area contributed by atoms with Gasteiger partial charge in [0.1, 0.15) is 36.8 Å². The molecule has 0 aliphatic carbocycles. The first kappa shape index (κ1) is 27.3. The van der Waals surface area contributed by atoms with Crippen LogP contribution in [-0.2, 0) is 38.8 Å². The van der Waals surface area contributed by atoms with Gasteiger partial charge in [0.15, 0.2) is 17.3 Å². The van der Waals surface area contributed by atoms with Crippen molar-refractivity contribution in [2.45, 2.75) is 70.2 Å². The fourth-order valence-electron chi connectivity index (χ4n) is 6.21.